The Kier molecular flexibility index (Phi) is 4.81. The lowest BCUT2D eigenvalue weighted by Crippen LogP contribution is -2.38. The maximum atomic E-state index is 12.7. The van der Waals surface area contributed by atoms with Gasteiger partial charge < -0.3 is 4.42 Å². The van der Waals surface area contributed by atoms with Gasteiger partial charge in [0.1, 0.15) is 11.6 Å². The molecule has 0 saturated heterocycles. The third-order valence-electron chi connectivity index (χ3n) is 2.53. The maximum Gasteiger partial charge on any atom is 0.123 e. The molecule has 2 rings (SSSR count). The molecule has 0 spiro atoms. The fourth-order valence-electron chi connectivity index (χ4n) is 1.57. The Morgan fingerprint density at radius 3 is 2.67 bits per heavy atom. The molecule has 0 saturated carbocycles. The summed E-state index contributed by atoms with van der Waals surface area (Å²) in [5.74, 6) is 6.99. The summed E-state index contributed by atoms with van der Waals surface area (Å²) in [7, 11) is 0. The van der Waals surface area contributed by atoms with Crippen LogP contribution in [0.5, 0.6) is 0 Å². The highest BCUT2D eigenvalue weighted by molar-refractivity contribution is 7.99. The van der Waals surface area contributed by atoms with Gasteiger partial charge >= 0.3 is 0 Å². The molecule has 1 heterocycles. The minimum atomic E-state index is -0.219. The van der Waals surface area contributed by atoms with E-state index in [1.54, 1.807) is 30.2 Å². The van der Waals surface area contributed by atoms with Crippen LogP contribution in [-0.2, 0) is 6.42 Å². The number of thioether (sulfide) groups is 1. The Morgan fingerprint density at radius 2 is 2.06 bits per heavy atom. The van der Waals surface area contributed by atoms with E-state index in [-0.39, 0.29) is 11.9 Å². The van der Waals surface area contributed by atoms with Gasteiger partial charge in [-0.3, -0.25) is 11.3 Å². The fraction of sp³-hybridized carbons (Fsp3) is 0.231. The van der Waals surface area contributed by atoms with Crippen molar-refractivity contribution in [1.82, 2.24) is 5.43 Å². The Balaban J connectivity index is 1.85. The Bertz CT molecular complexity index is 458. The van der Waals surface area contributed by atoms with Gasteiger partial charge in [0.15, 0.2) is 0 Å². The molecule has 0 radical (unpaired) electrons. The molecule has 0 aliphatic rings. The second kappa shape index (κ2) is 6.58. The normalized spacial score (nSPS) is 12.6. The van der Waals surface area contributed by atoms with Crippen LogP contribution in [0.15, 0.2) is 52.0 Å². The summed E-state index contributed by atoms with van der Waals surface area (Å²) >= 11 is 1.63. The van der Waals surface area contributed by atoms with E-state index in [4.69, 9.17) is 10.3 Å². The van der Waals surface area contributed by atoms with Crippen LogP contribution in [0, 0.1) is 5.82 Å². The summed E-state index contributed by atoms with van der Waals surface area (Å²) < 4.78 is 18.0. The maximum absolute atomic E-state index is 12.7. The van der Waals surface area contributed by atoms with Crippen molar-refractivity contribution in [2.75, 3.05) is 5.75 Å². The third kappa shape index (κ3) is 3.87. The van der Waals surface area contributed by atoms with Crippen LogP contribution in [0.4, 0.5) is 4.39 Å². The molecule has 0 aliphatic heterocycles. The number of hydrogen-bond acceptors (Lipinski definition) is 4. The monoisotopic (exact) mass is 266 g/mol. The number of furan rings is 1. The topological polar surface area (TPSA) is 51.2 Å². The van der Waals surface area contributed by atoms with Gasteiger partial charge in [0, 0.05) is 23.1 Å². The Hall–Kier alpha value is -1.30. The largest absolute Gasteiger partial charge is 0.469 e. The molecule has 1 unspecified atom stereocenters. The number of benzene rings is 1. The van der Waals surface area contributed by atoms with E-state index in [0.29, 0.717) is 0 Å². The molecule has 1 atom stereocenters. The van der Waals surface area contributed by atoms with Crippen molar-refractivity contribution in [1.29, 1.82) is 0 Å². The van der Waals surface area contributed by atoms with E-state index in [1.807, 2.05) is 12.1 Å². The first-order chi connectivity index (χ1) is 8.78. The van der Waals surface area contributed by atoms with E-state index in [0.717, 1.165) is 22.8 Å². The average molecular weight is 266 g/mol. The number of hydrogen-bond donors (Lipinski definition) is 2. The number of nitrogens with one attached hydrogen (secondary N) is 1. The standard InChI is InChI=1S/C13H15FN2OS/c14-10-3-5-13(6-4-10)18-9-11(16-15)8-12-2-1-7-17-12/h1-7,11,16H,8-9,15H2. The number of rotatable bonds is 6. The summed E-state index contributed by atoms with van der Waals surface area (Å²) in [4.78, 5) is 1.02. The SMILES string of the molecule is NNC(CSc1ccc(F)cc1)Cc1ccco1. The second-order valence-electron chi connectivity index (χ2n) is 3.91. The molecule has 5 heteroatoms. The van der Waals surface area contributed by atoms with Gasteiger partial charge in [-0.25, -0.2) is 4.39 Å². The first kappa shape index (κ1) is 13.1. The molecule has 1 aromatic carbocycles. The molecule has 3 N–H and O–H groups in total. The highest BCUT2D eigenvalue weighted by atomic mass is 32.2. The predicted molar refractivity (Wildman–Crippen MR) is 70.6 cm³/mol. The molecular formula is C13H15FN2OS. The fourth-order valence-corrected chi connectivity index (χ4v) is 2.50. The molecule has 1 aromatic heterocycles. The van der Waals surface area contributed by atoms with Gasteiger partial charge in [0.25, 0.3) is 0 Å². The first-order valence-corrected chi connectivity index (χ1v) is 6.63. The van der Waals surface area contributed by atoms with E-state index >= 15 is 0 Å². The number of nitrogens with two attached hydrogens (primary N) is 1. The molecule has 18 heavy (non-hydrogen) atoms. The van der Waals surface area contributed by atoms with Gasteiger partial charge in [-0.05, 0) is 36.4 Å². The van der Waals surface area contributed by atoms with Crippen LogP contribution in [0.1, 0.15) is 5.76 Å². The predicted octanol–water partition coefficient (Wildman–Crippen LogP) is 2.59. The van der Waals surface area contributed by atoms with E-state index in [1.165, 1.54) is 12.1 Å². The molecule has 0 bridgehead atoms. The van der Waals surface area contributed by atoms with Gasteiger partial charge in [-0.2, -0.15) is 0 Å². The number of hydrazine groups is 1. The molecule has 96 valence electrons. The smallest absolute Gasteiger partial charge is 0.123 e. The van der Waals surface area contributed by atoms with E-state index in [9.17, 15) is 4.39 Å². The first-order valence-electron chi connectivity index (χ1n) is 5.65. The molecular weight excluding hydrogens is 251 g/mol. The zero-order valence-corrected chi connectivity index (χ0v) is 10.6. The van der Waals surface area contributed by atoms with Crippen molar-refractivity contribution in [3.8, 4) is 0 Å². The van der Waals surface area contributed by atoms with E-state index in [2.05, 4.69) is 5.43 Å². The summed E-state index contributed by atoms with van der Waals surface area (Å²) in [5, 5.41) is 0. The summed E-state index contributed by atoms with van der Waals surface area (Å²) in [6, 6.07) is 10.3. The van der Waals surface area contributed by atoms with Crippen LogP contribution >= 0.6 is 11.8 Å². The zero-order chi connectivity index (χ0) is 12.8. The summed E-state index contributed by atoms with van der Waals surface area (Å²) in [5.41, 5.74) is 2.77. The second-order valence-corrected chi connectivity index (χ2v) is 5.01. The van der Waals surface area contributed by atoms with Crippen LogP contribution < -0.4 is 11.3 Å². The Labute approximate surface area is 110 Å². The average Bonchev–Trinajstić information content (AvgIpc) is 2.89. The van der Waals surface area contributed by atoms with Gasteiger partial charge in [-0.1, -0.05) is 0 Å². The summed E-state index contributed by atoms with van der Waals surface area (Å²) in [6.07, 6.45) is 2.38. The lowest BCUT2D eigenvalue weighted by molar-refractivity contribution is 0.465. The van der Waals surface area contributed by atoms with Crippen LogP contribution in [0.25, 0.3) is 0 Å². The van der Waals surface area contributed by atoms with Gasteiger partial charge in [-0.15, -0.1) is 11.8 Å². The van der Waals surface area contributed by atoms with Gasteiger partial charge in [0.2, 0.25) is 0 Å². The van der Waals surface area contributed by atoms with Crippen molar-refractivity contribution in [3.63, 3.8) is 0 Å². The minimum absolute atomic E-state index is 0.117. The van der Waals surface area contributed by atoms with Gasteiger partial charge in [0.05, 0.1) is 6.26 Å². The van der Waals surface area contributed by atoms with Crippen molar-refractivity contribution in [3.05, 3.63) is 54.2 Å². The minimum Gasteiger partial charge on any atom is -0.469 e. The van der Waals surface area contributed by atoms with E-state index < -0.39 is 0 Å². The molecule has 0 aliphatic carbocycles. The molecule has 2 aromatic rings. The lowest BCUT2D eigenvalue weighted by atomic mass is 10.2. The van der Waals surface area contributed by atoms with Crippen molar-refractivity contribution < 1.29 is 8.81 Å². The lowest BCUT2D eigenvalue weighted by Gasteiger charge is -2.13. The highest BCUT2D eigenvalue weighted by Crippen LogP contribution is 2.20. The van der Waals surface area contributed by atoms with Crippen molar-refractivity contribution in [2.45, 2.75) is 17.4 Å². The molecule has 0 fully saturated rings. The number of halogens is 1. The zero-order valence-electron chi connectivity index (χ0n) is 9.80. The van der Waals surface area contributed by atoms with Crippen LogP contribution in [0.3, 0.4) is 0 Å². The third-order valence-corrected chi connectivity index (χ3v) is 3.70. The van der Waals surface area contributed by atoms with Crippen molar-refractivity contribution in [2.24, 2.45) is 5.84 Å². The van der Waals surface area contributed by atoms with Crippen molar-refractivity contribution >= 4 is 11.8 Å². The summed E-state index contributed by atoms with van der Waals surface area (Å²) in [6.45, 7) is 0. The highest BCUT2D eigenvalue weighted by Gasteiger charge is 2.10. The Morgan fingerprint density at radius 1 is 1.28 bits per heavy atom. The quantitative estimate of drug-likeness (QED) is 0.479. The van der Waals surface area contributed by atoms with Crippen LogP contribution in [-0.4, -0.2) is 11.8 Å². The molecule has 0 amide bonds. The van der Waals surface area contributed by atoms with Crippen LogP contribution in [0.2, 0.25) is 0 Å². The molecule has 3 nitrogen and oxygen atoms in total.